The maximum Gasteiger partial charge on any atom is 0.323 e. The van der Waals surface area contributed by atoms with Gasteiger partial charge in [-0.05, 0) is 38.3 Å². The highest BCUT2D eigenvalue weighted by atomic mass is 16.2. The number of urea groups is 1. The number of amides is 3. The summed E-state index contributed by atoms with van der Waals surface area (Å²) in [7, 11) is 0. The smallest absolute Gasteiger partial charge is 0.323 e. The molecule has 148 valence electrons. The second-order valence-corrected chi connectivity index (χ2v) is 7.69. The Morgan fingerprint density at radius 2 is 2.04 bits per heavy atom. The summed E-state index contributed by atoms with van der Waals surface area (Å²) in [5.74, 6) is 0.655. The fourth-order valence-electron chi connectivity index (χ4n) is 4.18. The number of aryl methyl sites for hydroxylation is 1. The van der Waals surface area contributed by atoms with Gasteiger partial charge in [-0.15, -0.1) is 0 Å². The summed E-state index contributed by atoms with van der Waals surface area (Å²) in [6.45, 7) is 5.06. The zero-order chi connectivity index (χ0) is 19.7. The van der Waals surface area contributed by atoms with Gasteiger partial charge in [0, 0.05) is 24.7 Å². The molecule has 2 atom stereocenters. The molecule has 2 aromatic rings. The predicted molar refractivity (Wildman–Crippen MR) is 108 cm³/mol. The van der Waals surface area contributed by atoms with Gasteiger partial charge in [0.1, 0.15) is 5.82 Å². The number of rotatable bonds is 3. The van der Waals surface area contributed by atoms with Crippen LogP contribution in [0.4, 0.5) is 10.6 Å². The molecule has 3 heterocycles. The average molecular weight is 381 g/mol. The van der Waals surface area contributed by atoms with E-state index in [9.17, 15) is 9.59 Å². The van der Waals surface area contributed by atoms with Crippen LogP contribution in [-0.2, 0) is 11.2 Å². The highest BCUT2D eigenvalue weighted by Crippen LogP contribution is 2.26. The molecule has 2 aliphatic heterocycles. The molecule has 4 rings (SSSR count). The van der Waals surface area contributed by atoms with Gasteiger partial charge in [0.25, 0.3) is 0 Å². The maximum atomic E-state index is 13.1. The first-order valence-electron chi connectivity index (χ1n) is 10.1. The van der Waals surface area contributed by atoms with E-state index in [0.717, 1.165) is 42.6 Å². The Balaban J connectivity index is 1.61. The van der Waals surface area contributed by atoms with Crippen molar-refractivity contribution in [2.45, 2.75) is 45.6 Å². The summed E-state index contributed by atoms with van der Waals surface area (Å²) in [6.07, 6.45) is 3.59. The number of aromatic nitrogens is 2. The van der Waals surface area contributed by atoms with Crippen molar-refractivity contribution in [3.8, 4) is 5.69 Å². The second kappa shape index (κ2) is 7.66. The molecule has 1 aromatic carbocycles. The molecular formula is C21H27N5O2. The van der Waals surface area contributed by atoms with Gasteiger partial charge in [0.05, 0.1) is 17.3 Å². The van der Waals surface area contributed by atoms with Crippen LogP contribution in [0.2, 0.25) is 0 Å². The minimum absolute atomic E-state index is 0.0390. The van der Waals surface area contributed by atoms with Crippen LogP contribution in [0.25, 0.3) is 5.69 Å². The molecule has 0 aliphatic carbocycles. The summed E-state index contributed by atoms with van der Waals surface area (Å²) in [4.78, 5) is 27.2. The van der Waals surface area contributed by atoms with E-state index in [4.69, 9.17) is 5.10 Å². The standard InChI is InChI=1S/C21H27N5O2/c1-3-18-14(2)19(26(24-18)17-10-5-4-6-11-17)23-21(28)25-12-15-8-7-9-16(13-25)22-20(15)27/h4-6,10-11,15-16H,3,7-9,12-13H2,1-2H3,(H,22,27)(H,23,28). The monoisotopic (exact) mass is 381 g/mol. The third-order valence-electron chi connectivity index (χ3n) is 5.77. The highest BCUT2D eigenvalue weighted by molar-refractivity contribution is 5.91. The van der Waals surface area contributed by atoms with E-state index in [2.05, 4.69) is 17.6 Å². The molecule has 3 amide bonds. The predicted octanol–water partition coefficient (Wildman–Crippen LogP) is 2.88. The number of hydrogen-bond acceptors (Lipinski definition) is 3. The second-order valence-electron chi connectivity index (χ2n) is 7.69. The van der Waals surface area contributed by atoms with E-state index < -0.39 is 0 Å². The Bertz CT molecular complexity index is 876. The molecule has 0 spiro atoms. The zero-order valence-electron chi connectivity index (χ0n) is 16.4. The number of hydrogen-bond donors (Lipinski definition) is 2. The summed E-state index contributed by atoms with van der Waals surface area (Å²) >= 11 is 0. The summed E-state index contributed by atoms with van der Waals surface area (Å²) in [6, 6.07) is 9.68. The molecule has 2 bridgehead atoms. The highest BCUT2D eigenvalue weighted by Gasteiger charge is 2.34. The molecule has 7 nitrogen and oxygen atoms in total. The number of nitrogens with one attached hydrogen (secondary N) is 2. The van der Waals surface area contributed by atoms with Crippen molar-refractivity contribution in [2.24, 2.45) is 5.92 Å². The van der Waals surface area contributed by atoms with Crippen LogP contribution < -0.4 is 10.6 Å². The minimum atomic E-state index is -0.170. The van der Waals surface area contributed by atoms with Crippen LogP contribution >= 0.6 is 0 Å². The van der Waals surface area contributed by atoms with Gasteiger partial charge < -0.3 is 10.2 Å². The van der Waals surface area contributed by atoms with Crippen LogP contribution in [0.1, 0.15) is 37.4 Å². The number of fused-ring (bicyclic) bond motifs is 3. The molecular weight excluding hydrogens is 354 g/mol. The molecule has 2 saturated heterocycles. The molecule has 7 heteroatoms. The lowest BCUT2D eigenvalue weighted by Gasteiger charge is -2.27. The molecule has 28 heavy (non-hydrogen) atoms. The quantitative estimate of drug-likeness (QED) is 0.858. The first-order chi connectivity index (χ1) is 13.6. The van der Waals surface area contributed by atoms with E-state index in [0.29, 0.717) is 18.9 Å². The van der Waals surface area contributed by atoms with Crippen molar-refractivity contribution < 1.29 is 9.59 Å². The molecule has 0 radical (unpaired) electrons. The van der Waals surface area contributed by atoms with Gasteiger partial charge in [0.2, 0.25) is 5.91 Å². The van der Waals surface area contributed by atoms with Crippen LogP contribution in [0.15, 0.2) is 30.3 Å². The number of anilines is 1. The van der Waals surface area contributed by atoms with Crippen LogP contribution in [0.3, 0.4) is 0 Å². The van der Waals surface area contributed by atoms with E-state index >= 15 is 0 Å². The molecule has 1 aromatic heterocycles. The van der Waals surface area contributed by atoms with E-state index in [1.807, 2.05) is 37.3 Å². The van der Waals surface area contributed by atoms with Crippen molar-refractivity contribution in [3.05, 3.63) is 41.6 Å². The van der Waals surface area contributed by atoms with Crippen molar-refractivity contribution in [1.29, 1.82) is 0 Å². The Morgan fingerprint density at radius 3 is 2.79 bits per heavy atom. The number of para-hydroxylation sites is 1. The number of nitrogens with zero attached hydrogens (tertiary/aromatic N) is 3. The normalized spacial score (nSPS) is 21.8. The molecule has 2 aliphatic rings. The molecule has 2 unspecified atom stereocenters. The van der Waals surface area contributed by atoms with Crippen molar-refractivity contribution in [1.82, 2.24) is 20.0 Å². The topological polar surface area (TPSA) is 79.3 Å². The largest absolute Gasteiger partial charge is 0.351 e. The third-order valence-corrected chi connectivity index (χ3v) is 5.77. The fourth-order valence-corrected chi connectivity index (χ4v) is 4.18. The lowest BCUT2D eigenvalue weighted by Crippen LogP contribution is -2.43. The maximum absolute atomic E-state index is 13.1. The number of likely N-dealkylation sites (tertiary alicyclic amines) is 1. The molecule has 2 fully saturated rings. The first kappa shape index (κ1) is 18.5. The van der Waals surface area contributed by atoms with Gasteiger partial charge in [-0.25, -0.2) is 9.48 Å². The number of carbonyl (C=O) groups is 2. The van der Waals surface area contributed by atoms with Gasteiger partial charge in [-0.1, -0.05) is 31.5 Å². The van der Waals surface area contributed by atoms with E-state index in [-0.39, 0.29) is 23.9 Å². The van der Waals surface area contributed by atoms with Crippen LogP contribution in [-0.4, -0.2) is 45.8 Å². The minimum Gasteiger partial charge on any atom is -0.351 e. The molecule has 0 saturated carbocycles. The van der Waals surface area contributed by atoms with Crippen molar-refractivity contribution in [3.63, 3.8) is 0 Å². The Labute approximate surface area is 165 Å². The fraction of sp³-hybridized carbons (Fsp3) is 0.476. The number of carbonyl (C=O) groups excluding carboxylic acids is 2. The van der Waals surface area contributed by atoms with Crippen molar-refractivity contribution >= 4 is 17.8 Å². The Morgan fingerprint density at radius 1 is 1.25 bits per heavy atom. The van der Waals surface area contributed by atoms with Gasteiger partial charge in [-0.3, -0.25) is 10.1 Å². The van der Waals surface area contributed by atoms with E-state index in [1.165, 1.54) is 0 Å². The third kappa shape index (κ3) is 3.48. The van der Waals surface area contributed by atoms with Crippen LogP contribution in [0, 0.1) is 12.8 Å². The Kier molecular flexibility index (Phi) is 5.07. The van der Waals surface area contributed by atoms with Crippen molar-refractivity contribution in [2.75, 3.05) is 18.4 Å². The summed E-state index contributed by atoms with van der Waals surface area (Å²) in [5.41, 5.74) is 2.85. The van der Waals surface area contributed by atoms with E-state index in [1.54, 1.807) is 9.58 Å². The lowest BCUT2D eigenvalue weighted by molar-refractivity contribution is -0.124. The number of benzene rings is 1. The average Bonchev–Trinajstić information content (AvgIpc) is 2.80. The summed E-state index contributed by atoms with van der Waals surface area (Å²) in [5, 5.41) is 10.9. The van der Waals surface area contributed by atoms with Crippen LogP contribution in [0.5, 0.6) is 0 Å². The first-order valence-corrected chi connectivity index (χ1v) is 10.1. The van der Waals surface area contributed by atoms with Gasteiger partial charge >= 0.3 is 6.03 Å². The lowest BCUT2D eigenvalue weighted by atomic mass is 9.99. The summed E-state index contributed by atoms with van der Waals surface area (Å²) < 4.78 is 1.80. The van der Waals surface area contributed by atoms with Gasteiger partial charge in [0.15, 0.2) is 0 Å². The SMILES string of the molecule is CCc1nn(-c2ccccc2)c(NC(=O)N2CC3CCCC(C2)C(=O)N3)c1C. The van der Waals surface area contributed by atoms with Gasteiger partial charge in [-0.2, -0.15) is 5.10 Å². The molecule has 2 N–H and O–H groups in total. The zero-order valence-corrected chi connectivity index (χ0v) is 16.4. The Hall–Kier alpha value is -2.83.